The molecule has 0 radical (unpaired) electrons. The van der Waals surface area contributed by atoms with Crippen LogP contribution in [0, 0.1) is 0 Å². The lowest BCUT2D eigenvalue weighted by atomic mass is 9.98. The van der Waals surface area contributed by atoms with Crippen LogP contribution < -0.4 is 5.32 Å². The van der Waals surface area contributed by atoms with Crippen molar-refractivity contribution in [1.29, 1.82) is 0 Å². The maximum Gasteiger partial charge on any atom is 0.265 e. The molecule has 2 amide bonds. The molecular weight excluding hydrogens is 258 g/mol. The van der Waals surface area contributed by atoms with E-state index in [4.69, 9.17) is 0 Å². The van der Waals surface area contributed by atoms with Gasteiger partial charge in [0.05, 0.1) is 10.5 Å². The van der Waals surface area contributed by atoms with E-state index in [1.54, 1.807) is 6.26 Å². The summed E-state index contributed by atoms with van der Waals surface area (Å²) in [5.74, 6) is -0.619. The Balaban J connectivity index is 2.33. The monoisotopic (exact) mass is 269 g/mol. The van der Waals surface area contributed by atoms with Crippen molar-refractivity contribution in [3.05, 3.63) is 52.9 Å². The first-order valence-electron chi connectivity index (χ1n) is 5.84. The van der Waals surface area contributed by atoms with E-state index in [9.17, 15) is 9.59 Å². The number of carbonyl (C=O) groups excluding carboxylic acids is 2. The van der Waals surface area contributed by atoms with Crippen molar-refractivity contribution >= 4 is 39.9 Å². The van der Waals surface area contributed by atoms with Crippen molar-refractivity contribution in [1.82, 2.24) is 5.32 Å². The zero-order valence-corrected chi connectivity index (χ0v) is 11.1. The Bertz CT molecular complexity index is 729. The molecule has 0 bridgehead atoms. The smallest absolute Gasteiger partial charge is 0.265 e. The standard InChI is InChI=1S/C15H11NO2S/c1-19-13-12(14(17)16-15(13)18)11-8-4-6-9-5-2-3-7-10(9)11/h2-8H,1H3,(H,16,17,18). The first kappa shape index (κ1) is 12.0. The largest absolute Gasteiger partial charge is 0.288 e. The van der Waals surface area contributed by atoms with Crippen LogP contribution in [-0.2, 0) is 9.59 Å². The zero-order valence-electron chi connectivity index (χ0n) is 10.3. The van der Waals surface area contributed by atoms with Gasteiger partial charge >= 0.3 is 0 Å². The number of fused-ring (bicyclic) bond motifs is 1. The molecule has 1 N–H and O–H groups in total. The van der Waals surface area contributed by atoms with Gasteiger partial charge in [-0.05, 0) is 22.6 Å². The third-order valence-electron chi connectivity index (χ3n) is 3.15. The minimum atomic E-state index is -0.314. The molecule has 0 saturated heterocycles. The van der Waals surface area contributed by atoms with Crippen molar-refractivity contribution < 1.29 is 9.59 Å². The normalized spacial score (nSPS) is 15.2. The van der Waals surface area contributed by atoms with E-state index >= 15 is 0 Å². The summed E-state index contributed by atoms with van der Waals surface area (Å²) in [6.07, 6.45) is 1.80. The molecule has 1 aliphatic heterocycles. The molecule has 19 heavy (non-hydrogen) atoms. The van der Waals surface area contributed by atoms with Crippen LogP contribution in [0.3, 0.4) is 0 Å². The van der Waals surface area contributed by atoms with Gasteiger partial charge in [-0.3, -0.25) is 14.9 Å². The first-order valence-corrected chi connectivity index (χ1v) is 7.07. The lowest BCUT2D eigenvalue weighted by Crippen LogP contribution is -2.22. The van der Waals surface area contributed by atoms with Gasteiger partial charge in [0.1, 0.15) is 0 Å². The SMILES string of the molecule is CSC1=C(c2cccc3ccccc23)C(=O)NC1=O. The fraction of sp³-hybridized carbons (Fsp3) is 0.0667. The van der Waals surface area contributed by atoms with E-state index in [-0.39, 0.29) is 11.8 Å². The minimum absolute atomic E-state index is 0.305. The van der Waals surface area contributed by atoms with Gasteiger partial charge in [-0.25, -0.2) is 0 Å². The van der Waals surface area contributed by atoms with Crippen LogP contribution in [0.25, 0.3) is 16.3 Å². The molecule has 3 nitrogen and oxygen atoms in total. The van der Waals surface area contributed by atoms with E-state index in [0.717, 1.165) is 16.3 Å². The van der Waals surface area contributed by atoms with E-state index < -0.39 is 0 Å². The highest BCUT2D eigenvalue weighted by molar-refractivity contribution is 8.03. The maximum absolute atomic E-state index is 12.0. The number of imide groups is 1. The summed E-state index contributed by atoms with van der Waals surface area (Å²) in [5, 5.41) is 4.40. The number of amides is 2. The summed E-state index contributed by atoms with van der Waals surface area (Å²) in [5.41, 5.74) is 1.29. The van der Waals surface area contributed by atoms with Crippen molar-refractivity contribution in [3.63, 3.8) is 0 Å². The number of nitrogens with one attached hydrogen (secondary N) is 1. The number of carbonyl (C=O) groups is 2. The number of hydrogen-bond donors (Lipinski definition) is 1. The quantitative estimate of drug-likeness (QED) is 0.852. The van der Waals surface area contributed by atoms with Crippen LogP contribution in [0.15, 0.2) is 47.4 Å². The Morgan fingerprint density at radius 3 is 2.47 bits per heavy atom. The second kappa shape index (κ2) is 4.55. The highest BCUT2D eigenvalue weighted by Gasteiger charge is 2.31. The third-order valence-corrected chi connectivity index (χ3v) is 3.95. The Morgan fingerprint density at radius 2 is 1.68 bits per heavy atom. The van der Waals surface area contributed by atoms with E-state index in [0.29, 0.717) is 10.5 Å². The minimum Gasteiger partial charge on any atom is -0.288 e. The Labute approximate surface area is 114 Å². The Hall–Kier alpha value is -2.07. The van der Waals surface area contributed by atoms with Crippen LogP contribution in [0.2, 0.25) is 0 Å². The predicted molar refractivity (Wildman–Crippen MR) is 77.5 cm³/mol. The van der Waals surface area contributed by atoms with Gasteiger partial charge in [0.15, 0.2) is 0 Å². The molecule has 0 spiro atoms. The van der Waals surface area contributed by atoms with Gasteiger partial charge in [-0.2, -0.15) is 0 Å². The molecule has 0 saturated carbocycles. The van der Waals surface area contributed by atoms with Crippen molar-refractivity contribution in [2.45, 2.75) is 0 Å². The number of benzene rings is 2. The van der Waals surface area contributed by atoms with Crippen LogP contribution in [0.5, 0.6) is 0 Å². The average molecular weight is 269 g/mol. The maximum atomic E-state index is 12.0. The second-order valence-corrected chi connectivity index (χ2v) is 5.03. The van der Waals surface area contributed by atoms with E-state index in [1.807, 2.05) is 42.5 Å². The molecule has 0 aliphatic carbocycles. The van der Waals surface area contributed by atoms with Crippen molar-refractivity contribution in [3.8, 4) is 0 Å². The van der Waals surface area contributed by atoms with Gasteiger partial charge in [0, 0.05) is 0 Å². The summed E-state index contributed by atoms with van der Waals surface area (Å²) in [6.45, 7) is 0. The molecule has 1 aliphatic rings. The van der Waals surface area contributed by atoms with Gasteiger partial charge in [-0.15, -0.1) is 11.8 Å². The summed E-state index contributed by atoms with van der Waals surface area (Å²) in [4.78, 5) is 24.2. The van der Waals surface area contributed by atoms with E-state index in [2.05, 4.69) is 5.32 Å². The molecule has 2 aromatic carbocycles. The summed E-state index contributed by atoms with van der Waals surface area (Å²) in [6, 6.07) is 13.6. The third kappa shape index (κ3) is 1.85. The molecule has 0 atom stereocenters. The van der Waals surface area contributed by atoms with Crippen LogP contribution in [0.1, 0.15) is 5.56 Å². The van der Waals surface area contributed by atoms with Gasteiger partial charge in [-0.1, -0.05) is 42.5 Å². The van der Waals surface area contributed by atoms with Crippen LogP contribution >= 0.6 is 11.8 Å². The highest BCUT2D eigenvalue weighted by Crippen LogP contribution is 2.33. The average Bonchev–Trinajstić information content (AvgIpc) is 2.72. The van der Waals surface area contributed by atoms with Gasteiger partial charge < -0.3 is 0 Å². The molecule has 0 unspecified atom stereocenters. The Kier molecular flexibility index (Phi) is 2.87. The zero-order chi connectivity index (χ0) is 13.4. The fourth-order valence-electron chi connectivity index (χ4n) is 2.32. The van der Waals surface area contributed by atoms with Gasteiger partial charge in [0.2, 0.25) is 0 Å². The van der Waals surface area contributed by atoms with Gasteiger partial charge in [0.25, 0.3) is 11.8 Å². The molecular formula is C15H11NO2S. The van der Waals surface area contributed by atoms with Crippen LogP contribution in [0.4, 0.5) is 0 Å². The molecule has 94 valence electrons. The van der Waals surface area contributed by atoms with E-state index in [1.165, 1.54) is 11.8 Å². The summed E-state index contributed by atoms with van der Waals surface area (Å²) in [7, 11) is 0. The predicted octanol–water partition coefficient (Wildman–Crippen LogP) is 2.57. The molecule has 0 fully saturated rings. The first-order chi connectivity index (χ1) is 9.22. The topological polar surface area (TPSA) is 46.2 Å². The van der Waals surface area contributed by atoms with Crippen molar-refractivity contribution in [2.24, 2.45) is 0 Å². The second-order valence-electron chi connectivity index (χ2n) is 4.22. The lowest BCUT2D eigenvalue weighted by Gasteiger charge is -2.07. The van der Waals surface area contributed by atoms with Crippen molar-refractivity contribution in [2.75, 3.05) is 6.26 Å². The number of thioether (sulfide) groups is 1. The number of rotatable bonds is 2. The summed E-state index contributed by atoms with van der Waals surface area (Å²) >= 11 is 1.30. The molecule has 1 heterocycles. The Morgan fingerprint density at radius 1 is 0.947 bits per heavy atom. The molecule has 0 aromatic heterocycles. The fourth-order valence-corrected chi connectivity index (χ4v) is 2.97. The molecule has 3 rings (SSSR count). The lowest BCUT2D eigenvalue weighted by molar-refractivity contribution is -0.123. The van der Waals surface area contributed by atoms with Crippen LogP contribution in [-0.4, -0.2) is 18.1 Å². The highest BCUT2D eigenvalue weighted by atomic mass is 32.2. The summed E-state index contributed by atoms with van der Waals surface area (Å²) < 4.78 is 0. The molecule has 2 aromatic rings. The molecule has 4 heteroatoms. The number of hydrogen-bond acceptors (Lipinski definition) is 3.